The van der Waals surface area contributed by atoms with Gasteiger partial charge in [-0.3, -0.25) is 4.79 Å². The topological polar surface area (TPSA) is 88.1 Å². The number of carbonyl (C=O) groups excluding carboxylic acids is 2. The summed E-state index contributed by atoms with van der Waals surface area (Å²) < 4.78 is 2.10. The molecule has 1 aromatic rings. The monoisotopic (exact) mass is 305 g/mol. The highest BCUT2D eigenvalue weighted by Crippen LogP contribution is 2.11. The fraction of sp³-hybridized carbons (Fsp3) is 0.533. The van der Waals surface area contributed by atoms with Gasteiger partial charge in [-0.15, -0.1) is 0 Å². The number of nitrogens with one attached hydrogen (secondary N) is 3. The number of hydrogen-bond acceptors (Lipinski definition) is 3. The van der Waals surface area contributed by atoms with Gasteiger partial charge in [-0.2, -0.15) is 0 Å². The van der Waals surface area contributed by atoms with Gasteiger partial charge < -0.3 is 20.5 Å². The zero-order chi connectivity index (χ0) is 16.1. The van der Waals surface area contributed by atoms with E-state index in [0.29, 0.717) is 17.8 Å². The third-order valence-electron chi connectivity index (χ3n) is 3.71. The first kappa shape index (κ1) is 16.1. The fourth-order valence-electron chi connectivity index (χ4n) is 2.64. The number of carbonyl (C=O) groups is 2. The first-order chi connectivity index (χ1) is 10.5. The third kappa shape index (κ3) is 3.66. The summed E-state index contributed by atoms with van der Waals surface area (Å²) in [5.74, 6) is 0.913. The van der Waals surface area contributed by atoms with Crippen molar-refractivity contribution in [2.75, 3.05) is 6.54 Å². The van der Waals surface area contributed by atoms with Crippen molar-refractivity contribution in [1.82, 2.24) is 25.5 Å². The minimum absolute atomic E-state index is 0.140. The normalized spacial score (nSPS) is 18.0. The average molecular weight is 305 g/mol. The molecule has 22 heavy (non-hydrogen) atoms. The molecule has 7 nitrogen and oxygen atoms in total. The summed E-state index contributed by atoms with van der Waals surface area (Å²) in [6.45, 7) is 7.02. The van der Waals surface area contributed by atoms with Crippen LogP contribution in [0.1, 0.15) is 33.0 Å². The van der Waals surface area contributed by atoms with Crippen LogP contribution in [0.4, 0.5) is 4.79 Å². The van der Waals surface area contributed by atoms with Gasteiger partial charge in [0.1, 0.15) is 5.82 Å². The first-order valence-corrected chi connectivity index (χ1v) is 7.59. The van der Waals surface area contributed by atoms with E-state index >= 15 is 0 Å². The summed E-state index contributed by atoms with van der Waals surface area (Å²) in [6.07, 6.45) is 5.48. The van der Waals surface area contributed by atoms with Crippen LogP contribution in [-0.2, 0) is 17.8 Å². The Labute approximate surface area is 130 Å². The van der Waals surface area contributed by atoms with E-state index in [-0.39, 0.29) is 18.0 Å². The van der Waals surface area contributed by atoms with Gasteiger partial charge in [-0.25, -0.2) is 9.78 Å². The summed E-state index contributed by atoms with van der Waals surface area (Å²) in [7, 11) is 0. The molecule has 3 N–H and O–H groups in total. The molecule has 0 saturated heterocycles. The molecule has 0 saturated carbocycles. The summed E-state index contributed by atoms with van der Waals surface area (Å²) >= 11 is 0. The molecule has 1 aromatic heterocycles. The third-order valence-corrected chi connectivity index (χ3v) is 3.71. The molecule has 7 heteroatoms. The van der Waals surface area contributed by atoms with Gasteiger partial charge in [-0.05, 0) is 20.3 Å². The van der Waals surface area contributed by atoms with Crippen LogP contribution < -0.4 is 16.0 Å². The van der Waals surface area contributed by atoms with Crippen molar-refractivity contribution in [1.29, 1.82) is 0 Å². The maximum absolute atomic E-state index is 12.2. The van der Waals surface area contributed by atoms with Crippen molar-refractivity contribution in [3.8, 4) is 0 Å². The van der Waals surface area contributed by atoms with Crippen LogP contribution in [-0.4, -0.2) is 34.1 Å². The van der Waals surface area contributed by atoms with Gasteiger partial charge in [0.05, 0.1) is 11.6 Å². The Morgan fingerprint density at radius 2 is 2.27 bits per heavy atom. The summed E-state index contributed by atoms with van der Waals surface area (Å²) in [4.78, 5) is 27.8. The van der Waals surface area contributed by atoms with Crippen LogP contribution in [0, 0.1) is 0 Å². The zero-order valence-corrected chi connectivity index (χ0v) is 13.3. The Bertz CT molecular complexity index is 591. The van der Waals surface area contributed by atoms with Crippen molar-refractivity contribution in [3.05, 3.63) is 29.5 Å². The number of imidazole rings is 1. The van der Waals surface area contributed by atoms with Crippen LogP contribution >= 0.6 is 0 Å². The summed E-state index contributed by atoms with van der Waals surface area (Å²) in [5.41, 5.74) is 1.19. The largest absolute Gasteiger partial charge is 0.352 e. The smallest absolute Gasteiger partial charge is 0.319 e. The van der Waals surface area contributed by atoms with E-state index in [0.717, 1.165) is 25.2 Å². The number of urea groups is 1. The molecule has 0 aromatic carbocycles. The lowest BCUT2D eigenvalue weighted by Crippen LogP contribution is -2.50. The predicted molar refractivity (Wildman–Crippen MR) is 83.1 cm³/mol. The lowest BCUT2D eigenvalue weighted by molar-refractivity contribution is -0.117. The lowest BCUT2D eigenvalue weighted by Gasteiger charge is -2.25. The van der Waals surface area contributed by atoms with Crippen molar-refractivity contribution in [3.63, 3.8) is 0 Å². The van der Waals surface area contributed by atoms with Crippen LogP contribution in [0.3, 0.4) is 0 Å². The van der Waals surface area contributed by atoms with Crippen molar-refractivity contribution < 1.29 is 9.59 Å². The highest BCUT2D eigenvalue weighted by Gasteiger charge is 2.26. The van der Waals surface area contributed by atoms with E-state index in [1.165, 1.54) is 0 Å². The van der Waals surface area contributed by atoms with Gasteiger partial charge in [0.15, 0.2) is 0 Å². The molecule has 3 amide bonds. The van der Waals surface area contributed by atoms with E-state index < -0.39 is 0 Å². The second-order valence-corrected chi connectivity index (χ2v) is 5.36. The average Bonchev–Trinajstić information content (AvgIpc) is 2.89. The fourth-order valence-corrected chi connectivity index (χ4v) is 2.64. The molecule has 0 bridgehead atoms. The van der Waals surface area contributed by atoms with E-state index in [9.17, 15) is 9.59 Å². The molecule has 1 aliphatic rings. The molecule has 0 spiro atoms. The van der Waals surface area contributed by atoms with Crippen LogP contribution in [0.25, 0.3) is 0 Å². The van der Waals surface area contributed by atoms with Crippen molar-refractivity contribution in [2.24, 2.45) is 0 Å². The first-order valence-electron chi connectivity index (χ1n) is 7.59. The molecule has 1 atom stereocenters. The number of aromatic nitrogens is 2. The second-order valence-electron chi connectivity index (χ2n) is 5.36. The highest BCUT2D eigenvalue weighted by atomic mass is 16.2. The number of hydrogen-bond donors (Lipinski definition) is 3. The molecule has 120 valence electrons. The highest BCUT2D eigenvalue weighted by molar-refractivity contribution is 5.98. The molecule has 2 heterocycles. The molecule has 1 aliphatic heterocycles. The minimum atomic E-state index is -0.283. The Morgan fingerprint density at radius 1 is 1.50 bits per heavy atom. The van der Waals surface area contributed by atoms with Crippen LogP contribution in [0.15, 0.2) is 23.7 Å². The van der Waals surface area contributed by atoms with Crippen LogP contribution in [0.2, 0.25) is 0 Å². The predicted octanol–water partition coefficient (Wildman–Crippen LogP) is 0.927. The number of rotatable bonds is 6. The number of allylic oxidation sites excluding steroid dienone is 1. The van der Waals surface area contributed by atoms with E-state index in [1.807, 2.05) is 6.20 Å². The number of nitrogens with zero attached hydrogens (tertiary/aromatic N) is 2. The Kier molecular flexibility index (Phi) is 5.19. The molecule has 0 aliphatic carbocycles. The van der Waals surface area contributed by atoms with E-state index in [1.54, 1.807) is 20.0 Å². The molecular formula is C15H23N5O2. The Morgan fingerprint density at radius 3 is 2.95 bits per heavy atom. The Hall–Kier alpha value is -2.31. The maximum atomic E-state index is 12.2. The lowest BCUT2D eigenvalue weighted by atomic mass is 10.0. The van der Waals surface area contributed by atoms with Gasteiger partial charge in [0.25, 0.3) is 5.91 Å². The van der Waals surface area contributed by atoms with Gasteiger partial charge >= 0.3 is 6.03 Å². The van der Waals surface area contributed by atoms with E-state index in [4.69, 9.17) is 0 Å². The summed E-state index contributed by atoms with van der Waals surface area (Å²) in [5, 5.41) is 8.22. The molecule has 0 fully saturated rings. The molecule has 0 unspecified atom stereocenters. The number of aryl methyl sites for hydroxylation is 2. The molecule has 2 rings (SSSR count). The SMILES string of the molecule is CCc1nccn1CCCNC(=O)C1=C(C)NC(=O)N[C@H]1C. The van der Waals surface area contributed by atoms with Crippen molar-refractivity contribution in [2.45, 2.75) is 46.2 Å². The quantitative estimate of drug-likeness (QED) is 0.683. The van der Waals surface area contributed by atoms with Gasteiger partial charge in [0, 0.05) is 37.6 Å². The van der Waals surface area contributed by atoms with Gasteiger partial charge in [0.2, 0.25) is 0 Å². The number of amides is 3. The minimum Gasteiger partial charge on any atom is -0.352 e. The van der Waals surface area contributed by atoms with Crippen LogP contribution in [0.5, 0.6) is 0 Å². The second kappa shape index (κ2) is 7.11. The maximum Gasteiger partial charge on any atom is 0.319 e. The zero-order valence-electron chi connectivity index (χ0n) is 13.3. The standard InChI is InChI=1S/C15H23N5O2/c1-4-12-16-7-9-20(12)8-5-6-17-14(21)13-10(2)18-15(22)19-11(13)3/h7,9-10H,4-6,8H2,1-3H3,(H,17,21)(H2,18,19,22)/t10-/m0/s1. The van der Waals surface area contributed by atoms with Gasteiger partial charge in [-0.1, -0.05) is 6.92 Å². The Balaban J connectivity index is 1.83. The van der Waals surface area contributed by atoms with E-state index in [2.05, 4.69) is 32.4 Å². The summed E-state index contributed by atoms with van der Waals surface area (Å²) in [6, 6.07) is -0.553. The molecular weight excluding hydrogens is 282 g/mol. The molecule has 0 radical (unpaired) electrons. The van der Waals surface area contributed by atoms with Crippen molar-refractivity contribution >= 4 is 11.9 Å².